The van der Waals surface area contributed by atoms with Crippen molar-refractivity contribution in [2.24, 2.45) is 0 Å². The molecule has 0 aliphatic heterocycles. The van der Waals surface area contributed by atoms with E-state index in [0.29, 0.717) is 10.1 Å². The van der Waals surface area contributed by atoms with Crippen LogP contribution in [0.25, 0.3) is 0 Å². The van der Waals surface area contributed by atoms with Gasteiger partial charge in [-0.05, 0) is 53.8 Å². The van der Waals surface area contributed by atoms with E-state index in [9.17, 15) is 4.79 Å². The van der Waals surface area contributed by atoms with Crippen molar-refractivity contribution in [3.8, 4) is 5.75 Å². The second-order valence-corrected chi connectivity index (χ2v) is 5.66. The van der Waals surface area contributed by atoms with E-state index in [1.54, 1.807) is 12.1 Å². The molecule has 0 saturated carbocycles. The van der Waals surface area contributed by atoms with Gasteiger partial charge in [-0.1, -0.05) is 30.3 Å². The van der Waals surface area contributed by atoms with Gasteiger partial charge in [-0.2, -0.15) is 0 Å². The lowest BCUT2D eigenvalue weighted by Crippen LogP contribution is -2.01. The lowest BCUT2D eigenvalue weighted by Gasteiger charge is -2.06. The van der Waals surface area contributed by atoms with Crippen LogP contribution in [-0.2, 0) is 11.2 Å². The van der Waals surface area contributed by atoms with Crippen molar-refractivity contribution in [2.75, 3.05) is 0 Å². The van der Waals surface area contributed by atoms with Gasteiger partial charge in [-0.25, -0.2) is 0 Å². The smallest absolute Gasteiger partial charge is 0.307 e. The van der Waals surface area contributed by atoms with Crippen LogP contribution in [0.4, 0.5) is 0 Å². The van der Waals surface area contributed by atoms with E-state index in [1.165, 1.54) is 11.8 Å². The lowest BCUT2D eigenvalue weighted by molar-refractivity contribution is -0.136. The van der Waals surface area contributed by atoms with Crippen molar-refractivity contribution in [2.45, 2.75) is 11.3 Å². The Morgan fingerprint density at radius 3 is 2.35 bits per heavy atom. The Kier molecular flexibility index (Phi) is 5.15. The summed E-state index contributed by atoms with van der Waals surface area (Å²) in [5, 5.41) is 8.70. The van der Waals surface area contributed by atoms with Crippen LogP contribution < -0.4 is 4.74 Å². The first-order chi connectivity index (χ1) is 9.63. The maximum Gasteiger partial charge on any atom is 0.307 e. The van der Waals surface area contributed by atoms with Gasteiger partial charge < -0.3 is 9.84 Å². The van der Waals surface area contributed by atoms with Crippen LogP contribution in [0.15, 0.2) is 59.5 Å². The zero-order chi connectivity index (χ0) is 14.4. The number of hydrogen-bond acceptors (Lipinski definition) is 4. The van der Waals surface area contributed by atoms with Crippen molar-refractivity contribution < 1.29 is 14.6 Å². The van der Waals surface area contributed by atoms with E-state index < -0.39 is 5.97 Å². The molecule has 0 saturated heterocycles. The third-order valence-electron chi connectivity index (χ3n) is 2.42. The van der Waals surface area contributed by atoms with E-state index in [4.69, 9.17) is 22.1 Å². The Labute approximate surface area is 126 Å². The molecule has 0 aliphatic carbocycles. The largest absolute Gasteiger partial charge is 0.481 e. The minimum atomic E-state index is -0.840. The van der Waals surface area contributed by atoms with Crippen molar-refractivity contribution in [1.29, 1.82) is 0 Å². The molecule has 2 rings (SSSR count). The predicted octanol–water partition coefficient (Wildman–Crippen LogP) is 3.77. The third kappa shape index (κ3) is 4.68. The summed E-state index contributed by atoms with van der Waals surface area (Å²) in [7, 11) is 0. The molecule has 2 aromatic carbocycles. The van der Waals surface area contributed by atoms with Crippen LogP contribution in [0.1, 0.15) is 5.56 Å². The van der Waals surface area contributed by atoms with Gasteiger partial charge in [0, 0.05) is 4.90 Å². The molecule has 0 atom stereocenters. The van der Waals surface area contributed by atoms with Crippen molar-refractivity contribution in [3.63, 3.8) is 0 Å². The molecule has 0 spiro atoms. The third-order valence-corrected chi connectivity index (χ3v) is 3.52. The van der Waals surface area contributed by atoms with Gasteiger partial charge in [0.1, 0.15) is 5.75 Å². The molecule has 0 amide bonds. The van der Waals surface area contributed by atoms with E-state index in [-0.39, 0.29) is 6.42 Å². The topological polar surface area (TPSA) is 46.5 Å². The summed E-state index contributed by atoms with van der Waals surface area (Å²) in [5.74, 6) is -0.138. The van der Waals surface area contributed by atoms with E-state index in [1.807, 2.05) is 42.5 Å². The van der Waals surface area contributed by atoms with E-state index >= 15 is 0 Å². The van der Waals surface area contributed by atoms with Crippen molar-refractivity contribution >= 4 is 34.3 Å². The van der Waals surface area contributed by atoms with Gasteiger partial charge in [-0.3, -0.25) is 4.79 Å². The first kappa shape index (κ1) is 14.6. The zero-order valence-electron chi connectivity index (χ0n) is 10.5. The maximum absolute atomic E-state index is 10.6. The molecule has 3 nitrogen and oxygen atoms in total. The average molecular weight is 304 g/mol. The number of thioether (sulfide) groups is 1. The van der Waals surface area contributed by atoms with Gasteiger partial charge >= 0.3 is 5.97 Å². The molecule has 0 heterocycles. The van der Waals surface area contributed by atoms with Crippen LogP contribution in [-0.4, -0.2) is 15.5 Å². The average Bonchev–Trinajstić information content (AvgIpc) is 2.41. The number of carboxylic acid groups (broad SMARTS) is 1. The van der Waals surface area contributed by atoms with Crippen molar-refractivity contribution in [3.05, 3.63) is 60.2 Å². The number of thiocarbonyl (C=S) groups is 1. The normalized spacial score (nSPS) is 10.0. The van der Waals surface area contributed by atoms with Crippen molar-refractivity contribution in [1.82, 2.24) is 0 Å². The number of para-hydroxylation sites is 1. The second kappa shape index (κ2) is 7.07. The first-order valence-electron chi connectivity index (χ1n) is 5.89. The maximum atomic E-state index is 10.6. The Bertz CT molecular complexity index is 594. The highest BCUT2D eigenvalue weighted by Crippen LogP contribution is 2.22. The van der Waals surface area contributed by atoms with Gasteiger partial charge in [0.05, 0.1) is 6.42 Å². The Morgan fingerprint density at radius 1 is 1.10 bits per heavy atom. The summed E-state index contributed by atoms with van der Waals surface area (Å²) in [4.78, 5) is 11.5. The SMILES string of the molecule is O=C(O)Cc1ccc(SC(=S)Oc2ccccc2)cc1. The molecule has 5 heteroatoms. The van der Waals surface area contributed by atoms with Gasteiger partial charge in [-0.15, -0.1) is 0 Å². The summed E-state index contributed by atoms with van der Waals surface area (Å²) in [6.07, 6.45) is 0.0237. The predicted molar refractivity (Wildman–Crippen MR) is 83.3 cm³/mol. The Hall–Kier alpha value is -1.85. The molecule has 0 bridgehead atoms. The summed E-state index contributed by atoms with van der Waals surface area (Å²) < 4.78 is 5.92. The molecule has 0 radical (unpaired) electrons. The highest BCUT2D eigenvalue weighted by molar-refractivity contribution is 8.22. The van der Waals surface area contributed by atoms with Crippen LogP contribution in [0.2, 0.25) is 0 Å². The molecular formula is C15H12O3S2. The number of carboxylic acids is 1. The van der Waals surface area contributed by atoms with Crippen LogP contribution >= 0.6 is 24.0 Å². The minimum absolute atomic E-state index is 0.0237. The number of rotatable bonds is 4. The lowest BCUT2D eigenvalue weighted by atomic mass is 10.2. The number of carbonyl (C=O) groups is 1. The van der Waals surface area contributed by atoms with E-state index in [2.05, 4.69) is 0 Å². The molecule has 1 N–H and O–H groups in total. The summed E-state index contributed by atoms with van der Waals surface area (Å²) in [6, 6.07) is 16.6. The highest BCUT2D eigenvalue weighted by Gasteiger charge is 2.05. The zero-order valence-corrected chi connectivity index (χ0v) is 12.1. The van der Waals surface area contributed by atoms with Gasteiger partial charge in [0.25, 0.3) is 0 Å². The number of ether oxygens (including phenoxy) is 1. The number of benzene rings is 2. The molecule has 2 aromatic rings. The van der Waals surface area contributed by atoms with Crippen LogP contribution in [0.3, 0.4) is 0 Å². The second-order valence-electron chi connectivity index (χ2n) is 3.98. The molecule has 0 unspecified atom stereocenters. The molecule has 0 aromatic heterocycles. The Morgan fingerprint density at radius 2 is 1.75 bits per heavy atom. The number of aliphatic carboxylic acids is 1. The van der Waals surface area contributed by atoms with Gasteiger partial charge in [0.2, 0.25) is 4.38 Å². The molecule has 0 fully saturated rings. The van der Waals surface area contributed by atoms with Gasteiger partial charge in [0.15, 0.2) is 0 Å². The van der Waals surface area contributed by atoms with Crippen LogP contribution in [0, 0.1) is 0 Å². The Balaban J connectivity index is 1.93. The molecule has 102 valence electrons. The fraction of sp³-hybridized carbons (Fsp3) is 0.0667. The summed E-state index contributed by atoms with van der Waals surface area (Å²) >= 11 is 6.50. The molecule has 0 aliphatic rings. The van der Waals surface area contributed by atoms with Crippen LogP contribution in [0.5, 0.6) is 5.75 Å². The quantitative estimate of drug-likeness (QED) is 0.688. The molecule has 20 heavy (non-hydrogen) atoms. The van der Waals surface area contributed by atoms with E-state index in [0.717, 1.165) is 10.5 Å². The molecular weight excluding hydrogens is 292 g/mol. The fourth-order valence-electron chi connectivity index (χ4n) is 1.55. The highest BCUT2D eigenvalue weighted by atomic mass is 32.2. The first-order valence-corrected chi connectivity index (χ1v) is 7.11. The standard InChI is InChI=1S/C15H12O3S2/c16-14(17)10-11-6-8-13(9-7-11)20-15(19)18-12-4-2-1-3-5-12/h1-9H,10H2,(H,16,17). The summed E-state index contributed by atoms with van der Waals surface area (Å²) in [6.45, 7) is 0. The minimum Gasteiger partial charge on any atom is -0.481 e. The monoisotopic (exact) mass is 304 g/mol. The number of hydrogen-bond donors (Lipinski definition) is 1. The fourth-order valence-corrected chi connectivity index (χ4v) is 2.54. The summed E-state index contributed by atoms with van der Waals surface area (Å²) in [5.41, 5.74) is 0.761.